The van der Waals surface area contributed by atoms with Crippen LogP contribution in [0.15, 0.2) is 41.1 Å². The van der Waals surface area contributed by atoms with Crippen LogP contribution in [0.5, 0.6) is 5.75 Å². The average molecular weight is 330 g/mol. The normalized spacial score (nSPS) is 10.2. The minimum Gasteiger partial charge on any atom is -0.493 e. The maximum absolute atomic E-state index is 5.66. The van der Waals surface area contributed by atoms with Crippen LogP contribution in [0, 0.1) is 3.57 Å². The highest BCUT2D eigenvalue weighted by atomic mass is 127. The molecular weight excluding hydrogens is 319 g/mol. The zero-order chi connectivity index (χ0) is 10.5. The second-order valence-electron chi connectivity index (χ2n) is 3.19. The Morgan fingerprint density at radius 2 is 2.20 bits per heavy atom. The summed E-state index contributed by atoms with van der Waals surface area (Å²) in [5, 5.41) is 4.26. The predicted octanol–water partition coefficient (Wildman–Crippen LogP) is 3.97. The van der Waals surface area contributed by atoms with Crippen molar-refractivity contribution in [3.63, 3.8) is 0 Å². The molecule has 15 heavy (non-hydrogen) atoms. The molecule has 3 heteroatoms. The molecule has 0 aliphatic rings. The van der Waals surface area contributed by atoms with Crippen LogP contribution in [0.25, 0.3) is 0 Å². The van der Waals surface area contributed by atoms with Crippen LogP contribution in [-0.4, -0.2) is 6.61 Å². The summed E-state index contributed by atoms with van der Waals surface area (Å²) in [5.74, 6) is 0.956. The molecule has 0 aliphatic carbocycles. The highest BCUT2D eigenvalue weighted by molar-refractivity contribution is 14.1. The fourth-order valence-electron chi connectivity index (χ4n) is 1.28. The van der Waals surface area contributed by atoms with Gasteiger partial charge in [0.25, 0.3) is 0 Å². The monoisotopic (exact) mass is 330 g/mol. The Kier molecular flexibility index (Phi) is 4.02. The molecule has 0 saturated carbocycles. The lowest BCUT2D eigenvalue weighted by Gasteiger charge is -2.05. The third-order valence-corrected chi connectivity index (χ3v) is 3.44. The zero-order valence-electron chi connectivity index (χ0n) is 8.15. The van der Waals surface area contributed by atoms with Gasteiger partial charge in [0, 0.05) is 9.99 Å². The summed E-state index contributed by atoms with van der Waals surface area (Å²) < 4.78 is 6.87. The lowest BCUT2D eigenvalue weighted by Crippen LogP contribution is -2.00. The van der Waals surface area contributed by atoms with Gasteiger partial charge in [-0.2, -0.15) is 11.3 Å². The van der Waals surface area contributed by atoms with Gasteiger partial charge in [0.05, 0.1) is 6.61 Å². The van der Waals surface area contributed by atoms with Crippen LogP contribution < -0.4 is 4.74 Å². The predicted molar refractivity (Wildman–Crippen MR) is 72.7 cm³/mol. The molecule has 78 valence electrons. The topological polar surface area (TPSA) is 9.23 Å². The SMILES string of the molecule is Ic1cccc(OCCc2ccsc2)c1. The van der Waals surface area contributed by atoms with E-state index in [9.17, 15) is 0 Å². The fraction of sp³-hybridized carbons (Fsp3) is 0.167. The summed E-state index contributed by atoms with van der Waals surface area (Å²) in [6, 6.07) is 10.3. The Labute approximate surface area is 107 Å². The highest BCUT2D eigenvalue weighted by Crippen LogP contribution is 2.15. The number of rotatable bonds is 4. The minimum atomic E-state index is 0.747. The van der Waals surface area contributed by atoms with Crippen LogP contribution in [0.2, 0.25) is 0 Å². The summed E-state index contributed by atoms with van der Waals surface area (Å²) in [6.45, 7) is 0.747. The Morgan fingerprint density at radius 3 is 2.93 bits per heavy atom. The molecule has 0 unspecified atom stereocenters. The Bertz CT molecular complexity index is 411. The third-order valence-electron chi connectivity index (χ3n) is 2.04. The van der Waals surface area contributed by atoms with Crippen molar-refractivity contribution in [2.45, 2.75) is 6.42 Å². The maximum atomic E-state index is 5.66. The van der Waals surface area contributed by atoms with Crippen molar-refractivity contribution in [3.8, 4) is 5.75 Å². The van der Waals surface area contributed by atoms with Gasteiger partial charge >= 0.3 is 0 Å². The molecule has 1 nitrogen and oxygen atoms in total. The number of benzene rings is 1. The molecule has 0 aliphatic heterocycles. The second-order valence-corrected chi connectivity index (χ2v) is 5.21. The first-order chi connectivity index (χ1) is 7.34. The number of thiophene rings is 1. The average Bonchev–Trinajstić information content (AvgIpc) is 2.71. The van der Waals surface area contributed by atoms with Gasteiger partial charge in [-0.1, -0.05) is 6.07 Å². The van der Waals surface area contributed by atoms with E-state index in [4.69, 9.17) is 4.74 Å². The van der Waals surface area contributed by atoms with Gasteiger partial charge < -0.3 is 4.74 Å². The summed E-state index contributed by atoms with van der Waals surface area (Å²) in [6.07, 6.45) is 0.981. The molecule has 0 spiro atoms. The molecule has 1 aromatic carbocycles. The first-order valence-corrected chi connectivity index (χ1v) is 6.76. The quantitative estimate of drug-likeness (QED) is 0.771. The van der Waals surface area contributed by atoms with Crippen molar-refractivity contribution in [1.82, 2.24) is 0 Å². The van der Waals surface area contributed by atoms with Crippen LogP contribution in [-0.2, 0) is 6.42 Å². The van der Waals surface area contributed by atoms with E-state index in [1.807, 2.05) is 18.2 Å². The van der Waals surface area contributed by atoms with Crippen molar-refractivity contribution in [1.29, 1.82) is 0 Å². The first kappa shape index (κ1) is 11.0. The maximum Gasteiger partial charge on any atom is 0.120 e. The number of halogens is 1. The van der Waals surface area contributed by atoms with Gasteiger partial charge in [-0.05, 0) is 63.2 Å². The molecule has 2 rings (SSSR count). The van der Waals surface area contributed by atoms with E-state index >= 15 is 0 Å². The number of hydrogen-bond acceptors (Lipinski definition) is 2. The molecule has 1 aromatic heterocycles. The van der Waals surface area contributed by atoms with Crippen molar-refractivity contribution in [2.24, 2.45) is 0 Å². The standard InChI is InChI=1S/C12H11IOS/c13-11-2-1-3-12(8-11)14-6-4-10-5-7-15-9-10/h1-3,5,7-9H,4,6H2. The Hall–Kier alpha value is -0.550. The lowest BCUT2D eigenvalue weighted by molar-refractivity contribution is 0.322. The van der Waals surface area contributed by atoms with E-state index in [-0.39, 0.29) is 0 Å². The number of hydrogen-bond donors (Lipinski definition) is 0. The largest absolute Gasteiger partial charge is 0.493 e. The smallest absolute Gasteiger partial charge is 0.120 e. The van der Waals surface area contributed by atoms with Gasteiger partial charge in [-0.15, -0.1) is 0 Å². The van der Waals surface area contributed by atoms with Crippen LogP contribution in [0.3, 0.4) is 0 Å². The van der Waals surface area contributed by atoms with Gasteiger partial charge in [-0.3, -0.25) is 0 Å². The summed E-state index contributed by atoms with van der Waals surface area (Å²) in [7, 11) is 0. The third kappa shape index (κ3) is 3.50. The van der Waals surface area contributed by atoms with Gasteiger partial charge in [0.15, 0.2) is 0 Å². The molecule has 0 N–H and O–H groups in total. The lowest BCUT2D eigenvalue weighted by atomic mass is 10.2. The van der Waals surface area contributed by atoms with Gasteiger partial charge in [0.1, 0.15) is 5.75 Å². The van der Waals surface area contributed by atoms with Crippen molar-refractivity contribution >= 4 is 33.9 Å². The Morgan fingerprint density at radius 1 is 1.27 bits per heavy atom. The van der Waals surface area contributed by atoms with E-state index in [0.717, 1.165) is 18.8 Å². The molecule has 2 aromatic rings. The van der Waals surface area contributed by atoms with Crippen LogP contribution >= 0.6 is 33.9 Å². The van der Waals surface area contributed by atoms with Crippen molar-refractivity contribution in [2.75, 3.05) is 6.61 Å². The van der Waals surface area contributed by atoms with Crippen LogP contribution in [0.1, 0.15) is 5.56 Å². The second kappa shape index (κ2) is 5.51. The first-order valence-electron chi connectivity index (χ1n) is 4.74. The van der Waals surface area contributed by atoms with Crippen LogP contribution in [0.4, 0.5) is 0 Å². The summed E-state index contributed by atoms with van der Waals surface area (Å²) in [4.78, 5) is 0. The Balaban J connectivity index is 1.83. The molecule has 0 amide bonds. The van der Waals surface area contributed by atoms with E-state index in [1.54, 1.807) is 11.3 Å². The van der Waals surface area contributed by atoms with Crippen molar-refractivity contribution < 1.29 is 4.74 Å². The van der Waals surface area contributed by atoms with Crippen molar-refractivity contribution in [3.05, 3.63) is 50.2 Å². The summed E-state index contributed by atoms with van der Waals surface area (Å²) >= 11 is 4.02. The van der Waals surface area contributed by atoms with Gasteiger partial charge in [0.2, 0.25) is 0 Å². The van der Waals surface area contributed by atoms with E-state index in [0.29, 0.717) is 0 Å². The molecule has 0 fully saturated rings. The summed E-state index contributed by atoms with van der Waals surface area (Å²) in [5.41, 5.74) is 1.35. The molecule has 0 radical (unpaired) electrons. The minimum absolute atomic E-state index is 0.747. The molecule has 0 atom stereocenters. The van der Waals surface area contributed by atoms with E-state index in [1.165, 1.54) is 9.13 Å². The van der Waals surface area contributed by atoms with Gasteiger partial charge in [-0.25, -0.2) is 0 Å². The van der Waals surface area contributed by atoms with E-state index < -0.39 is 0 Å². The fourth-order valence-corrected chi connectivity index (χ4v) is 2.50. The molecule has 1 heterocycles. The highest BCUT2D eigenvalue weighted by Gasteiger charge is 1.96. The molecule has 0 saturated heterocycles. The van der Waals surface area contributed by atoms with E-state index in [2.05, 4.69) is 45.5 Å². The molecule has 0 bridgehead atoms. The number of ether oxygens (including phenoxy) is 1. The molecular formula is C12H11IOS. The zero-order valence-corrected chi connectivity index (χ0v) is 11.1.